The fourth-order valence-electron chi connectivity index (χ4n) is 2.67. The second-order valence-corrected chi connectivity index (χ2v) is 4.63. The smallest absolute Gasteiger partial charge is 0.0823 e. The summed E-state index contributed by atoms with van der Waals surface area (Å²) >= 11 is 0. The first-order chi connectivity index (χ1) is 6.20. The van der Waals surface area contributed by atoms with Gasteiger partial charge in [-0.05, 0) is 39.3 Å². The van der Waals surface area contributed by atoms with Gasteiger partial charge in [0.1, 0.15) is 0 Å². The summed E-state index contributed by atoms with van der Waals surface area (Å²) in [6, 6.07) is 0.361. The minimum absolute atomic E-state index is 0.102. The van der Waals surface area contributed by atoms with E-state index in [1.54, 1.807) is 0 Å². The zero-order chi connectivity index (χ0) is 9.31. The quantitative estimate of drug-likeness (QED) is 0.599. The van der Waals surface area contributed by atoms with Gasteiger partial charge in [0.25, 0.3) is 0 Å². The Labute approximate surface area is 80.2 Å². The van der Waals surface area contributed by atoms with E-state index in [-0.39, 0.29) is 5.60 Å². The summed E-state index contributed by atoms with van der Waals surface area (Å²) < 4.78 is 5.93. The van der Waals surface area contributed by atoms with E-state index in [0.29, 0.717) is 6.04 Å². The van der Waals surface area contributed by atoms with Gasteiger partial charge in [0, 0.05) is 19.2 Å². The Balaban J connectivity index is 2.00. The van der Waals surface area contributed by atoms with Gasteiger partial charge in [-0.15, -0.1) is 0 Å². The Morgan fingerprint density at radius 1 is 1.54 bits per heavy atom. The predicted molar refractivity (Wildman–Crippen MR) is 52.6 cm³/mol. The number of rotatable bonds is 0. The molecule has 0 saturated carbocycles. The maximum absolute atomic E-state index is 5.99. The first-order valence-corrected chi connectivity index (χ1v) is 5.28. The van der Waals surface area contributed by atoms with Gasteiger partial charge in [-0.3, -0.25) is 0 Å². The SMILES string of the molecule is CN1CCC[C@]2(C[C@@H](N)CCO2)C1. The van der Waals surface area contributed by atoms with Crippen LogP contribution in [0.4, 0.5) is 0 Å². The van der Waals surface area contributed by atoms with Crippen LogP contribution in [0.15, 0.2) is 0 Å². The van der Waals surface area contributed by atoms with Crippen molar-refractivity contribution in [2.24, 2.45) is 5.73 Å². The van der Waals surface area contributed by atoms with Crippen molar-refractivity contribution in [1.82, 2.24) is 4.90 Å². The summed E-state index contributed by atoms with van der Waals surface area (Å²) in [5, 5.41) is 0. The van der Waals surface area contributed by atoms with Gasteiger partial charge in [0.15, 0.2) is 0 Å². The Bertz CT molecular complexity index is 164. The molecule has 0 aromatic heterocycles. The highest BCUT2D eigenvalue weighted by molar-refractivity contribution is 4.93. The van der Waals surface area contributed by atoms with E-state index in [2.05, 4.69) is 11.9 Å². The fraction of sp³-hybridized carbons (Fsp3) is 1.00. The molecule has 76 valence electrons. The average molecular weight is 184 g/mol. The van der Waals surface area contributed by atoms with E-state index < -0.39 is 0 Å². The number of hydrogen-bond donors (Lipinski definition) is 1. The second kappa shape index (κ2) is 3.56. The van der Waals surface area contributed by atoms with Gasteiger partial charge in [-0.25, -0.2) is 0 Å². The molecule has 0 aromatic carbocycles. The van der Waals surface area contributed by atoms with Crippen LogP contribution < -0.4 is 5.73 Å². The van der Waals surface area contributed by atoms with Crippen LogP contribution in [0.2, 0.25) is 0 Å². The van der Waals surface area contributed by atoms with Crippen LogP contribution in [0.3, 0.4) is 0 Å². The molecule has 3 nitrogen and oxygen atoms in total. The lowest BCUT2D eigenvalue weighted by molar-refractivity contribution is -0.117. The van der Waals surface area contributed by atoms with Gasteiger partial charge in [-0.1, -0.05) is 0 Å². The average Bonchev–Trinajstić information content (AvgIpc) is 2.02. The monoisotopic (exact) mass is 184 g/mol. The zero-order valence-electron chi connectivity index (χ0n) is 8.46. The molecule has 0 aromatic rings. The normalized spacial score (nSPS) is 42.5. The Hall–Kier alpha value is -0.120. The largest absolute Gasteiger partial charge is 0.374 e. The van der Waals surface area contributed by atoms with Gasteiger partial charge in [-0.2, -0.15) is 0 Å². The topological polar surface area (TPSA) is 38.5 Å². The van der Waals surface area contributed by atoms with Crippen LogP contribution in [-0.4, -0.2) is 43.3 Å². The first kappa shape index (κ1) is 9.44. The van der Waals surface area contributed by atoms with Crippen molar-refractivity contribution in [3.05, 3.63) is 0 Å². The number of nitrogens with zero attached hydrogens (tertiary/aromatic N) is 1. The molecule has 0 radical (unpaired) electrons. The van der Waals surface area contributed by atoms with Crippen molar-refractivity contribution in [3.63, 3.8) is 0 Å². The molecule has 2 rings (SSSR count). The molecule has 2 N–H and O–H groups in total. The molecule has 3 heteroatoms. The lowest BCUT2D eigenvalue weighted by Crippen LogP contribution is -2.54. The van der Waals surface area contributed by atoms with Crippen LogP contribution in [0.1, 0.15) is 25.7 Å². The van der Waals surface area contributed by atoms with Gasteiger partial charge < -0.3 is 15.4 Å². The molecule has 0 aliphatic carbocycles. The van der Waals surface area contributed by atoms with E-state index in [1.807, 2.05) is 0 Å². The number of likely N-dealkylation sites (N-methyl/N-ethyl adjacent to an activating group) is 1. The molecule has 0 unspecified atom stereocenters. The summed E-state index contributed by atoms with van der Waals surface area (Å²) in [5.41, 5.74) is 6.09. The van der Waals surface area contributed by atoms with Crippen molar-refractivity contribution in [2.45, 2.75) is 37.3 Å². The number of hydrogen-bond acceptors (Lipinski definition) is 3. The van der Waals surface area contributed by atoms with Crippen molar-refractivity contribution in [1.29, 1.82) is 0 Å². The van der Waals surface area contributed by atoms with Crippen LogP contribution in [0, 0.1) is 0 Å². The summed E-state index contributed by atoms with van der Waals surface area (Å²) in [4.78, 5) is 2.36. The van der Waals surface area contributed by atoms with Gasteiger partial charge >= 0.3 is 0 Å². The summed E-state index contributed by atoms with van der Waals surface area (Å²) in [7, 11) is 2.17. The molecule has 2 atom stereocenters. The summed E-state index contributed by atoms with van der Waals surface area (Å²) in [5.74, 6) is 0. The molecule has 1 spiro atoms. The molecular weight excluding hydrogens is 164 g/mol. The Morgan fingerprint density at radius 2 is 2.38 bits per heavy atom. The number of nitrogens with two attached hydrogens (primary N) is 1. The number of ether oxygens (including phenoxy) is 1. The van der Waals surface area contributed by atoms with Crippen LogP contribution in [0.25, 0.3) is 0 Å². The van der Waals surface area contributed by atoms with E-state index in [9.17, 15) is 0 Å². The van der Waals surface area contributed by atoms with E-state index >= 15 is 0 Å². The van der Waals surface area contributed by atoms with E-state index in [0.717, 1.165) is 26.0 Å². The van der Waals surface area contributed by atoms with Crippen molar-refractivity contribution >= 4 is 0 Å². The lowest BCUT2D eigenvalue weighted by atomic mass is 9.84. The van der Waals surface area contributed by atoms with Crippen molar-refractivity contribution in [2.75, 3.05) is 26.7 Å². The van der Waals surface area contributed by atoms with Crippen LogP contribution in [0.5, 0.6) is 0 Å². The molecule has 2 aliphatic heterocycles. The maximum Gasteiger partial charge on any atom is 0.0823 e. The molecule has 0 bridgehead atoms. The third kappa shape index (κ3) is 2.03. The van der Waals surface area contributed by atoms with Gasteiger partial charge in [0.05, 0.1) is 5.60 Å². The number of likely N-dealkylation sites (tertiary alicyclic amines) is 1. The van der Waals surface area contributed by atoms with E-state index in [1.165, 1.54) is 19.4 Å². The molecular formula is C10H20N2O. The highest BCUT2D eigenvalue weighted by Crippen LogP contribution is 2.32. The number of piperidine rings is 1. The van der Waals surface area contributed by atoms with Crippen LogP contribution >= 0.6 is 0 Å². The molecule has 2 saturated heterocycles. The Morgan fingerprint density at radius 3 is 3.08 bits per heavy atom. The van der Waals surface area contributed by atoms with E-state index in [4.69, 9.17) is 10.5 Å². The summed E-state index contributed by atoms with van der Waals surface area (Å²) in [6.07, 6.45) is 4.54. The lowest BCUT2D eigenvalue weighted by Gasteiger charge is -2.45. The first-order valence-electron chi connectivity index (χ1n) is 5.28. The summed E-state index contributed by atoms with van der Waals surface area (Å²) in [6.45, 7) is 3.13. The highest BCUT2D eigenvalue weighted by Gasteiger charge is 2.39. The third-order valence-electron chi connectivity index (χ3n) is 3.26. The Kier molecular flexibility index (Phi) is 2.58. The molecule has 0 amide bonds. The molecule has 2 aliphatic rings. The second-order valence-electron chi connectivity index (χ2n) is 4.63. The minimum atomic E-state index is 0.102. The third-order valence-corrected chi connectivity index (χ3v) is 3.26. The standard InChI is InChI=1S/C10H20N2O/c1-12-5-2-4-10(8-12)7-9(11)3-6-13-10/h9H,2-8,11H2,1H3/t9-,10-/m0/s1. The molecule has 2 heterocycles. The van der Waals surface area contributed by atoms with Crippen LogP contribution in [-0.2, 0) is 4.74 Å². The fourth-order valence-corrected chi connectivity index (χ4v) is 2.67. The maximum atomic E-state index is 5.99. The van der Waals surface area contributed by atoms with Crippen molar-refractivity contribution < 1.29 is 4.74 Å². The molecule has 2 fully saturated rings. The molecule has 13 heavy (non-hydrogen) atoms. The highest BCUT2D eigenvalue weighted by atomic mass is 16.5. The minimum Gasteiger partial charge on any atom is -0.374 e. The van der Waals surface area contributed by atoms with Crippen molar-refractivity contribution in [3.8, 4) is 0 Å². The predicted octanol–water partition coefficient (Wildman–Crippen LogP) is 0.588. The zero-order valence-corrected chi connectivity index (χ0v) is 8.46. The van der Waals surface area contributed by atoms with Gasteiger partial charge in [0.2, 0.25) is 0 Å².